The van der Waals surface area contributed by atoms with E-state index in [0.717, 1.165) is 0 Å². The third-order valence-corrected chi connectivity index (χ3v) is 3.47. The van der Waals surface area contributed by atoms with E-state index in [0.29, 0.717) is 48.9 Å². The quantitative estimate of drug-likeness (QED) is 0.387. The van der Waals surface area contributed by atoms with Crippen molar-refractivity contribution >= 4 is 11.9 Å². The van der Waals surface area contributed by atoms with E-state index in [1.807, 2.05) is 0 Å². The van der Waals surface area contributed by atoms with E-state index in [4.69, 9.17) is 18.9 Å². The minimum Gasteiger partial charge on any atom is -0.497 e. The molecular weight excluding hydrogens is 336 g/mol. The van der Waals surface area contributed by atoms with Crippen LogP contribution < -0.4 is 14.2 Å². The minimum atomic E-state index is -0.451. The second-order valence-electron chi connectivity index (χ2n) is 5.37. The summed E-state index contributed by atoms with van der Waals surface area (Å²) in [4.78, 5) is 23.1. The molecule has 0 aliphatic heterocycles. The lowest BCUT2D eigenvalue weighted by molar-refractivity contribution is -0.143. The molecule has 0 unspecified atom stereocenters. The third-order valence-electron chi connectivity index (χ3n) is 3.47. The standard InChI is InChI=1S/C20H22O6/c1-3-19(21)25-14-4-13-24-17-7-5-15(6-8-17)20(22)26-18-11-9-16(23-2)10-12-18/h5-12H,3-4,13-14H2,1-2H3. The van der Waals surface area contributed by atoms with Crippen LogP contribution in [-0.2, 0) is 9.53 Å². The van der Waals surface area contributed by atoms with Gasteiger partial charge >= 0.3 is 11.9 Å². The normalized spacial score (nSPS) is 10.1. The molecule has 0 saturated heterocycles. The number of carbonyl (C=O) groups excluding carboxylic acids is 2. The van der Waals surface area contributed by atoms with Gasteiger partial charge < -0.3 is 18.9 Å². The van der Waals surface area contributed by atoms with Gasteiger partial charge in [-0.2, -0.15) is 0 Å². The zero-order valence-corrected chi connectivity index (χ0v) is 14.9. The number of ether oxygens (including phenoxy) is 4. The van der Waals surface area contributed by atoms with E-state index in [9.17, 15) is 9.59 Å². The van der Waals surface area contributed by atoms with E-state index < -0.39 is 5.97 Å². The predicted molar refractivity (Wildman–Crippen MR) is 95.8 cm³/mol. The molecule has 0 fully saturated rings. The van der Waals surface area contributed by atoms with E-state index in [1.165, 1.54) is 0 Å². The van der Waals surface area contributed by atoms with Gasteiger partial charge in [-0.3, -0.25) is 4.79 Å². The maximum Gasteiger partial charge on any atom is 0.343 e. The van der Waals surface area contributed by atoms with Crippen molar-refractivity contribution in [1.82, 2.24) is 0 Å². The number of hydrogen-bond donors (Lipinski definition) is 0. The molecule has 0 radical (unpaired) electrons. The van der Waals surface area contributed by atoms with Crippen molar-refractivity contribution in [2.75, 3.05) is 20.3 Å². The molecule has 0 N–H and O–H groups in total. The Kier molecular flexibility index (Phi) is 7.49. The van der Waals surface area contributed by atoms with Crippen molar-refractivity contribution < 1.29 is 28.5 Å². The number of rotatable bonds is 9. The van der Waals surface area contributed by atoms with Crippen LogP contribution in [0.5, 0.6) is 17.2 Å². The Balaban J connectivity index is 1.78. The monoisotopic (exact) mass is 358 g/mol. The number of hydrogen-bond acceptors (Lipinski definition) is 6. The average molecular weight is 358 g/mol. The lowest BCUT2D eigenvalue weighted by Gasteiger charge is -2.08. The molecule has 0 heterocycles. The molecular formula is C20H22O6. The van der Waals surface area contributed by atoms with Crippen LogP contribution in [0.2, 0.25) is 0 Å². The second-order valence-corrected chi connectivity index (χ2v) is 5.37. The van der Waals surface area contributed by atoms with E-state index >= 15 is 0 Å². The Labute approximate surface area is 152 Å². The molecule has 0 aromatic heterocycles. The fourth-order valence-corrected chi connectivity index (χ4v) is 2.03. The van der Waals surface area contributed by atoms with Crippen LogP contribution in [0.15, 0.2) is 48.5 Å². The van der Waals surface area contributed by atoms with Crippen LogP contribution in [0.3, 0.4) is 0 Å². The van der Waals surface area contributed by atoms with Crippen molar-refractivity contribution in [3.05, 3.63) is 54.1 Å². The highest BCUT2D eigenvalue weighted by Gasteiger charge is 2.09. The molecule has 0 atom stereocenters. The highest BCUT2D eigenvalue weighted by Crippen LogP contribution is 2.19. The van der Waals surface area contributed by atoms with E-state index in [-0.39, 0.29) is 5.97 Å². The van der Waals surface area contributed by atoms with Gasteiger partial charge in [-0.1, -0.05) is 6.92 Å². The molecule has 26 heavy (non-hydrogen) atoms. The van der Waals surface area contributed by atoms with Crippen molar-refractivity contribution in [2.45, 2.75) is 19.8 Å². The van der Waals surface area contributed by atoms with E-state index in [2.05, 4.69) is 0 Å². The minimum absolute atomic E-state index is 0.218. The number of carbonyl (C=O) groups is 2. The third kappa shape index (κ3) is 6.12. The summed E-state index contributed by atoms with van der Waals surface area (Å²) in [7, 11) is 1.57. The fraction of sp³-hybridized carbons (Fsp3) is 0.300. The highest BCUT2D eigenvalue weighted by molar-refractivity contribution is 5.91. The van der Waals surface area contributed by atoms with Gasteiger partial charge in [0, 0.05) is 12.8 Å². The number of methoxy groups -OCH3 is 1. The summed E-state index contributed by atoms with van der Waals surface area (Å²) < 4.78 is 20.9. The first-order valence-electron chi connectivity index (χ1n) is 8.37. The van der Waals surface area contributed by atoms with Gasteiger partial charge in [0.15, 0.2) is 0 Å². The molecule has 2 aromatic carbocycles. The lowest BCUT2D eigenvalue weighted by atomic mass is 10.2. The summed E-state index contributed by atoms with van der Waals surface area (Å²) in [6.45, 7) is 2.51. The lowest BCUT2D eigenvalue weighted by Crippen LogP contribution is -2.09. The highest BCUT2D eigenvalue weighted by atomic mass is 16.5. The van der Waals surface area contributed by atoms with Gasteiger partial charge in [-0.05, 0) is 48.5 Å². The van der Waals surface area contributed by atoms with Gasteiger partial charge in [0.25, 0.3) is 0 Å². The molecule has 0 amide bonds. The van der Waals surface area contributed by atoms with Gasteiger partial charge in [0.1, 0.15) is 17.2 Å². The van der Waals surface area contributed by atoms with Crippen LogP contribution >= 0.6 is 0 Å². The zero-order chi connectivity index (χ0) is 18.8. The van der Waals surface area contributed by atoms with Crippen molar-refractivity contribution in [3.63, 3.8) is 0 Å². The smallest absolute Gasteiger partial charge is 0.343 e. The number of esters is 2. The molecule has 0 aliphatic rings. The molecule has 138 valence electrons. The number of benzene rings is 2. The maximum absolute atomic E-state index is 12.1. The Morgan fingerprint density at radius 3 is 2.08 bits per heavy atom. The summed E-state index contributed by atoms with van der Waals surface area (Å²) in [5.41, 5.74) is 0.421. The summed E-state index contributed by atoms with van der Waals surface area (Å²) in [5.74, 6) is 1.10. The first kappa shape index (κ1) is 19.3. The van der Waals surface area contributed by atoms with Crippen molar-refractivity contribution in [3.8, 4) is 17.2 Å². The second kappa shape index (κ2) is 10.1. The van der Waals surface area contributed by atoms with Crippen molar-refractivity contribution in [2.24, 2.45) is 0 Å². The SMILES string of the molecule is CCC(=O)OCCCOc1ccc(C(=O)Oc2ccc(OC)cc2)cc1. The zero-order valence-electron chi connectivity index (χ0n) is 14.9. The van der Waals surface area contributed by atoms with Gasteiger partial charge in [0.05, 0.1) is 25.9 Å². The van der Waals surface area contributed by atoms with Crippen LogP contribution in [0.1, 0.15) is 30.1 Å². The molecule has 2 rings (SSSR count). The van der Waals surface area contributed by atoms with Crippen molar-refractivity contribution in [1.29, 1.82) is 0 Å². The van der Waals surface area contributed by atoms with Crippen LogP contribution in [0, 0.1) is 0 Å². The average Bonchev–Trinajstić information content (AvgIpc) is 2.68. The van der Waals surface area contributed by atoms with Gasteiger partial charge in [-0.25, -0.2) is 4.79 Å². The molecule has 6 nitrogen and oxygen atoms in total. The summed E-state index contributed by atoms with van der Waals surface area (Å²) >= 11 is 0. The Hall–Kier alpha value is -3.02. The molecule has 0 bridgehead atoms. The molecule has 0 aliphatic carbocycles. The van der Waals surface area contributed by atoms with Crippen LogP contribution in [0.4, 0.5) is 0 Å². The predicted octanol–water partition coefficient (Wildman–Crippen LogP) is 3.64. The first-order valence-corrected chi connectivity index (χ1v) is 8.37. The summed E-state index contributed by atoms with van der Waals surface area (Å²) in [6, 6.07) is 13.4. The Morgan fingerprint density at radius 2 is 1.46 bits per heavy atom. The van der Waals surface area contributed by atoms with Gasteiger partial charge in [0.2, 0.25) is 0 Å². The van der Waals surface area contributed by atoms with Gasteiger partial charge in [-0.15, -0.1) is 0 Å². The fourth-order valence-electron chi connectivity index (χ4n) is 2.03. The molecule has 6 heteroatoms. The summed E-state index contributed by atoms with van der Waals surface area (Å²) in [6.07, 6.45) is 0.974. The summed E-state index contributed by atoms with van der Waals surface area (Å²) in [5, 5.41) is 0. The maximum atomic E-state index is 12.1. The molecule has 2 aromatic rings. The van der Waals surface area contributed by atoms with E-state index in [1.54, 1.807) is 62.6 Å². The Morgan fingerprint density at radius 1 is 0.846 bits per heavy atom. The molecule has 0 spiro atoms. The topological polar surface area (TPSA) is 71.1 Å². The van der Waals surface area contributed by atoms with Crippen LogP contribution in [0.25, 0.3) is 0 Å². The van der Waals surface area contributed by atoms with Crippen LogP contribution in [-0.4, -0.2) is 32.3 Å². The Bertz CT molecular complexity index is 706. The first-order chi connectivity index (χ1) is 12.6. The molecule has 0 saturated carbocycles. The largest absolute Gasteiger partial charge is 0.497 e.